The highest BCUT2D eigenvalue weighted by Crippen LogP contribution is 2.29. The largest absolute Gasteiger partial charge is 0.344 e. The highest BCUT2D eigenvalue weighted by Gasteiger charge is 2.17. The first-order valence-corrected chi connectivity index (χ1v) is 10.2. The Hall–Kier alpha value is -3.57. The van der Waals surface area contributed by atoms with E-state index in [2.05, 4.69) is 75.8 Å². The van der Waals surface area contributed by atoms with Gasteiger partial charge >= 0.3 is 0 Å². The van der Waals surface area contributed by atoms with Gasteiger partial charge in [-0.2, -0.15) is 0 Å². The first-order chi connectivity index (χ1) is 14.8. The number of aromatic amines is 1. The summed E-state index contributed by atoms with van der Waals surface area (Å²) in [5, 5.41) is 3.73. The second kappa shape index (κ2) is 8.05. The average Bonchev–Trinajstić information content (AvgIpc) is 3.24. The monoisotopic (exact) mass is 393 g/mol. The van der Waals surface area contributed by atoms with Gasteiger partial charge in [0.25, 0.3) is 0 Å². The molecule has 0 radical (unpaired) electrons. The molecule has 0 fully saturated rings. The van der Waals surface area contributed by atoms with Crippen molar-refractivity contribution in [3.05, 3.63) is 96.5 Å². The molecule has 0 saturated heterocycles. The van der Waals surface area contributed by atoms with Crippen molar-refractivity contribution in [1.29, 1.82) is 0 Å². The number of H-pyrrole nitrogens is 1. The number of allylic oxidation sites excluding steroid dienone is 2. The minimum atomic E-state index is 0.261. The van der Waals surface area contributed by atoms with Gasteiger partial charge in [0.1, 0.15) is 11.2 Å². The molecular formula is C25H23N5. The average molecular weight is 393 g/mol. The van der Waals surface area contributed by atoms with Crippen molar-refractivity contribution < 1.29 is 0 Å². The molecule has 3 aromatic heterocycles. The number of rotatable bonds is 5. The summed E-state index contributed by atoms with van der Waals surface area (Å²) in [6.45, 7) is 2.21. The van der Waals surface area contributed by atoms with E-state index in [1.54, 1.807) is 12.4 Å². The smallest absolute Gasteiger partial charge is 0.156 e. The number of pyridine rings is 1. The Bertz CT molecular complexity index is 1210. The second-order valence-electron chi connectivity index (χ2n) is 7.54. The first kappa shape index (κ1) is 18.5. The lowest BCUT2D eigenvalue weighted by atomic mass is 9.96. The van der Waals surface area contributed by atoms with Crippen LogP contribution in [0, 0.1) is 0 Å². The van der Waals surface area contributed by atoms with E-state index in [-0.39, 0.29) is 12.1 Å². The lowest BCUT2D eigenvalue weighted by Crippen LogP contribution is -2.30. The van der Waals surface area contributed by atoms with Crippen LogP contribution in [0.5, 0.6) is 0 Å². The molecule has 0 saturated carbocycles. The van der Waals surface area contributed by atoms with E-state index < -0.39 is 0 Å². The fourth-order valence-corrected chi connectivity index (χ4v) is 3.89. The Kier molecular flexibility index (Phi) is 4.95. The summed E-state index contributed by atoms with van der Waals surface area (Å²) in [4.78, 5) is 17.1. The topological polar surface area (TPSA) is 66.5 Å². The highest BCUT2D eigenvalue weighted by molar-refractivity contribution is 5.92. The molecule has 5 nitrogen and oxygen atoms in total. The lowest BCUT2D eigenvalue weighted by molar-refractivity contribution is 0.513. The number of fused-ring (bicyclic) bond motifs is 1. The summed E-state index contributed by atoms with van der Waals surface area (Å²) in [5.74, 6) is 0. The molecule has 3 heterocycles. The Morgan fingerprint density at radius 2 is 1.90 bits per heavy atom. The van der Waals surface area contributed by atoms with Crippen LogP contribution < -0.4 is 5.32 Å². The van der Waals surface area contributed by atoms with E-state index in [0.717, 1.165) is 40.1 Å². The number of nitrogens with zero attached hydrogens (tertiary/aromatic N) is 3. The molecule has 5 rings (SSSR count). The Balaban J connectivity index is 1.45. The lowest BCUT2D eigenvalue weighted by Gasteiger charge is -2.23. The van der Waals surface area contributed by atoms with Crippen LogP contribution in [0.3, 0.4) is 0 Å². The van der Waals surface area contributed by atoms with Gasteiger partial charge in [0, 0.05) is 30.0 Å². The van der Waals surface area contributed by atoms with E-state index in [0.29, 0.717) is 0 Å². The van der Waals surface area contributed by atoms with Crippen molar-refractivity contribution in [3.63, 3.8) is 0 Å². The van der Waals surface area contributed by atoms with E-state index in [4.69, 9.17) is 4.98 Å². The SMILES string of the molecule is C[C@H](NC1C=C(c2c[nH]c3ncc(-c4ccccn4)nc23)C=CC1)c1ccccc1. The first-order valence-electron chi connectivity index (χ1n) is 10.2. The van der Waals surface area contributed by atoms with Crippen LogP contribution in [0.1, 0.15) is 30.5 Å². The van der Waals surface area contributed by atoms with Gasteiger partial charge in [0.2, 0.25) is 0 Å². The predicted octanol–water partition coefficient (Wildman–Crippen LogP) is 5.08. The van der Waals surface area contributed by atoms with Crippen molar-refractivity contribution in [2.24, 2.45) is 0 Å². The molecule has 0 aliphatic heterocycles. The maximum Gasteiger partial charge on any atom is 0.156 e. The maximum absolute atomic E-state index is 4.86. The zero-order valence-electron chi connectivity index (χ0n) is 16.8. The normalized spacial score (nSPS) is 17.1. The molecule has 1 unspecified atom stereocenters. The van der Waals surface area contributed by atoms with Gasteiger partial charge in [-0.1, -0.05) is 54.6 Å². The third kappa shape index (κ3) is 3.67. The minimum absolute atomic E-state index is 0.261. The van der Waals surface area contributed by atoms with Crippen LogP contribution in [0.4, 0.5) is 0 Å². The molecule has 1 aromatic carbocycles. The molecule has 5 heteroatoms. The van der Waals surface area contributed by atoms with Crippen molar-refractivity contribution in [3.8, 4) is 11.4 Å². The maximum atomic E-state index is 4.86. The second-order valence-corrected chi connectivity index (χ2v) is 7.54. The van der Waals surface area contributed by atoms with Crippen LogP contribution in [-0.2, 0) is 0 Å². The number of hydrogen-bond donors (Lipinski definition) is 2. The van der Waals surface area contributed by atoms with Crippen molar-refractivity contribution in [2.75, 3.05) is 0 Å². The van der Waals surface area contributed by atoms with Gasteiger partial charge in [-0.05, 0) is 36.6 Å². The van der Waals surface area contributed by atoms with Crippen LogP contribution in [0.2, 0.25) is 0 Å². The Labute approximate surface area is 175 Å². The zero-order valence-corrected chi connectivity index (χ0v) is 16.8. The van der Waals surface area contributed by atoms with Gasteiger partial charge in [-0.15, -0.1) is 0 Å². The van der Waals surface area contributed by atoms with Gasteiger partial charge in [-0.3, -0.25) is 4.98 Å². The van der Waals surface area contributed by atoms with Gasteiger partial charge in [-0.25, -0.2) is 9.97 Å². The molecule has 0 amide bonds. The van der Waals surface area contributed by atoms with Crippen LogP contribution in [0.15, 0.2) is 85.3 Å². The van der Waals surface area contributed by atoms with Crippen LogP contribution in [-0.4, -0.2) is 26.0 Å². The predicted molar refractivity (Wildman–Crippen MR) is 121 cm³/mol. The summed E-state index contributed by atoms with van der Waals surface area (Å²) in [6.07, 6.45) is 13.2. The summed E-state index contributed by atoms with van der Waals surface area (Å²) in [5.41, 5.74) is 6.75. The summed E-state index contributed by atoms with van der Waals surface area (Å²) in [6, 6.07) is 16.9. The molecule has 148 valence electrons. The fraction of sp³-hybridized carbons (Fsp3) is 0.160. The molecule has 30 heavy (non-hydrogen) atoms. The van der Waals surface area contributed by atoms with Gasteiger partial charge in [0.15, 0.2) is 5.65 Å². The molecule has 4 aromatic rings. The van der Waals surface area contributed by atoms with Crippen molar-refractivity contribution in [2.45, 2.75) is 25.4 Å². The van der Waals surface area contributed by atoms with Crippen LogP contribution in [0.25, 0.3) is 28.1 Å². The molecule has 0 bridgehead atoms. The van der Waals surface area contributed by atoms with E-state index in [1.807, 2.05) is 24.4 Å². The number of hydrogen-bond acceptors (Lipinski definition) is 4. The minimum Gasteiger partial charge on any atom is -0.344 e. The third-order valence-electron chi connectivity index (χ3n) is 5.45. The van der Waals surface area contributed by atoms with E-state index in [9.17, 15) is 0 Å². The van der Waals surface area contributed by atoms with Crippen LogP contribution >= 0.6 is 0 Å². The quantitative estimate of drug-likeness (QED) is 0.496. The molecule has 2 atom stereocenters. The Morgan fingerprint density at radius 1 is 1.03 bits per heavy atom. The molecule has 0 spiro atoms. The standard InChI is InChI=1S/C25H23N5/c1-17(18-8-3-2-4-9-18)29-20-11-7-10-19(14-20)21-15-27-25-24(21)30-23(16-28-25)22-12-5-6-13-26-22/h2-10,12-17,20,29H,11H2,1H3,(H,27,28)/t17-,20?/m0/s1. The Morgan fingerprint density at radius 3 is 2.73 bits per heavy atom. The number of benzene rings is 1. The highest BCUT2D eigenvalue weighted by atomic mass is 14.9. The molecule has 1 aliphatic rings. The third-order valence-corrected chi connectivity index (χ3v) is 5.45. The number of aromatic nitrogens is 4. The summed E-state index contributed by atoms with van der Waals surface area (Å²) in [7, 11) is 0. The van der Waals surface area contributed by atoms with Crippen molar-refractivity contribution in [1.82, 2.24) is 25.3 Å². The molecule has 2 N–H and O–H groups in total. The summed E-state index contributed by atoms with van der Waals surface area (Å²) >= 11 is 0. The zero-order chi connectivity index (χ0) is 20.3. The fourth-order valence-electron chi connectivity index (χ4n) is 3.89. The van der Waals surface area contributed by atoms with Gasteiger partial charge in [0.05, 0.1) is 11.9 Å². The number of nitrogens with one attached hydrogen (secondary N) is 2. The van der Waals surface area contributed by atoms with Gasteiger partial charge < -0.3 is 10.3 Å². The molecular weight excluding hydrogens is 370 g/mol. The van der Waals surface area contributed by atoms with E-state index >= 15 is 0 Å². The summed E-state index contributed by atoms with van der Waals surface area (Å²) < 4.78 is 0. The van der Waals surface area contributed by atoms with Crippen molar-refractivity contribution >= 4 is 16.7 Å². The molecule has 1 aliphatic carbocycles. The van der Waals surface area contributed by atoms with E-state index in [1.165, 1.54) is 5.56 Å².